The van der Waals surface area contributed by atoms with Gasteiger partial charge in [-0.15, -0.1) is 0 Å². The van der Waals surface area contributed by atoms with Gasteiger partial charge in [0.05, 0.1) is 0 Å². The molecule has 0 unspecified atom stereocenters. The number of benzene rings is 1. The van der Waals surface area contributed by atoms with Crippen LogP contribution in [0, 0.1) is 0 Å². The largest absolute Gasteiger partial charge is 0.490 e. The predicted octanol–water partition coefficient (Wildman–Crippen LogP) is 1.62. The fraction of sp³-hybridized carbons (Fsp3) is 0.333. The number of carbonyl (C=O) groups excluding carboxylic acids is 1. The van der Waals surface area contributed by atoms with Crippen molar-refractivity contribution >= 4 is 24.6 Å². The first-order valence-corrected chi connectivity index (χ1v) is 6.18. The van der Waals surface area contributed by atoms with E-state index in [4.69, 9.17) is 20.4 Å². The Labute approximate surface area is 124 Å². The Morgan fingerprint density at radius 3 is 2.14 bits per heavy atom. The summed E-state index contributed by atoms with van der Waals surface area (Å²) in [5, 5.41) is 7.12. The van der Waals surface area contributed by atoms with Crippen molar-refractivity contribution < 1.29 is 32.6 Å². The molecule has 1 rings (SSSR count). The van der Waals surface area contributed by atoms with Gasteiger partial charge in [0, 0.05) is 5.75 Å². The molecule has 1 aromatic rings. The normalized spacial score (nSPS) is 11.9. The number of hydrogen-bond donors (Lipinski definition) is 3. The van der Waals surface area contributed by atoms with Gasteiger partial charge in [-0.1, -0.05) is 30.3 Å². The van der Waals surface area contributed by atoms with Gasteiger partial charge in [-0.25, -0.2) is 4.79 Å². The molecule has 3 N–H and O–H groups in total. The third-order valence-corrected chi connectivity index (χ3v) is 2.36. The molecule has 0 amide bonds. The van der Waals surface area contributed by atoms with Crippen molar-refractivity contribution in [2.24, 2.45) is 5.73 Å². The van der Waals surface area contributed by atoms with E-state index in [2.05, 4.69) is 12.6 Å². The second-order valence-corrected chi connectivity index (χ2v) is 4.05. The van der Waals surface area contributed by atoms with E-state index in [1.54, 1.807) is 0 Å². The number of alkyl halides is 3. The minimum absolute atomic E-state index is 0.265. The average Bonchev–Trinajstić information content (AvgIpc) is 2.44. The van der Waals surface area contributed by atoms with Gasteiger partial charge in [0.25, 0.3) is 0 Å². The molecule has 9 heteroatoms. The van der Waals surface area contributed by atoms with E-state index in [9.17, 15) is 18.0 Å². The summed E-state index contributed by atoms with van der Waals surface area (Å²) in [6.45, 7) is 0.265. The molecule has 1 atom stereocenters. The lowest BCUT2D eigenvalue weighted by Gasteiger charge is -2.08. The van der Waals surface area contributed by atoms with Gasteiger partial charge >= 0.3 is 18.1 Å². The number of rotatable bonds is 4. The highest BCUT2D eigenvalue weighted by Gasteiger charge is 2.38. The number of nitrogens with two attached hydrogens (primary N) is 1. The Balaban J connectivity index is 0.000000486. The van der Waals surface area contributed by atoms with Gasteiger partial charge < -0.3 is 15.6 Å². The Morgan fingerprint density at radius 1 is 1.29 bits per heavy atom. The van der Waals surface area contributed by atoms with Crippen LogP contribution in [0.2, 0.25) is 0 Å². The van der Waals surface area contributed by atoms with Crippen LogP contribution < -0.4 is 5.73 Å². The zero-order valence-corrected chi connectivity index (χ0v) is 11.6. The van der Waals surface area contributed by atoms with E-state index >= 15 is 0 Å². The smallest absolute Gasteiger partial charge is 0.475 e. The van der Waals surface area contributed by atoms with Crippen LogP contribution in [0.5, 0.6) is 0 Å². The van der Waals surface area contributed by atoms with Crippen molar-refractivity contribution in [3.05, 3.63) is 35.9 Å². The third-order valence-electron chi connectivity index (χ3n) is 1.97. The van der Waals surface area contributed by atoms with E-state index in [1.165, 1.54) is 0 Å². The van der Waals surface area contributed by atoms with Gasteiger partial charge in [0.2, 0.25) is 0 Å². The standard InChI is InChI=1S/C10H13NO2S.C2HF3O2/c11-9(7-14)10(12)13-6-8-4-2-1-3-5-8;3-2(4,5)1(6)7/h1-5,9,14H,6-7,11H2;(H,6,7)/t9-;/m0./s1. The van der Waals surface area contributed by atoms with Crippen LogP contribution in [0.15, 0.2) is 30.3 Å². The van der Waals surface area contributed by atoms with Crippen LogP contribution in [-0.4, -0.2) is 35.0 Å². The highest BCUT2D eigenvalue weighted by molar-refractivity contribution is 7.80. The lowest BCUT2D eigenvalue weighted by atomic mass is 10.2. The minimum atomic E-state index is -5.08. The average molecular weight is 325 g/mol. The number of thiol groups is 1. The van der Waals surface area contributed by atoms with Crippen LogP contribution in [0.1, 0.15) is 5.56 Å². The molecule has 0 saturated carbocycles. The predicted molar refractivity (Wildman–Crippen MR) is 71.8 cm³/mol. The first-order valence-electron chi connectivity index (χ1n) is 5.55. The third kappa shape index (κ3) is 8.92. The maximum atomic E-state index is 11.2. The molecule has 0 aliphatic rings. The molecule has 0 bridgehead atoms. The van der Waals surface area contributed by atoms with Gasteiger partial charge in [0.1, 0.15) is 12.6 Å². The van der Waals surface area contributed by atoms with Crippen LogP contribution in [0.25, 0.3) is 0 Å². The van der Waals surface area contributed by atoms with Crippen molar-refractivity contribution in [3.63, 3.8) is 0 Å². The maximum absolute atomic E-state index is 11.2. The number of ether oxygens (including phenoxy) is 1. The summed E-state index contributed by atoms with van der Waals surface area (Å²) in [7, 11) is 0. The number of hydrogen-bond acceptors (Lipinski definition) is 5. The zero-order chi connectivity index (χ0) is 16.5. The monoisotopic (exact) mass is 325 g/mol. The topological polar surface area (TPSA) is 89.6 Å². The summed E-state index contributed by atoms with van der Waals surface area (Å²) in [6, 6.07) is 8.83. The number of carbonyl (C=O) groups is 2. The van der Waals surface area contributed by atoms with E-state index in [1.807, 2.05) is 30.3 Å². The van der Waals surface area contributed by atoms with Gasteiger partial charge in [0.15, 0.2) is 0 Å². The van der Waals surface area contributed by atoms with E-state index in [-0.39, 0.29) is 6.61 Å². The van der Waals surface area contributed by atoms with Crippen molar-refractivity contribution in [2.45, 2.75) is 18.8 Å². The van der Waals surface area contributed by atoms with Crippen LogP contribution in [0.4, 0.5) is 13.2 Å². The molecule has 0 heterocycles. The number of carboxylic acid groups (broad SMARTS) is 1. The first kappa shape index (κ1) is 19.3. The Bertz CT molecular complexity index is 454. The summed E-state index contributed by atoms with van der Waals surface area (Å²) in [4.78, 5) is 20.0. The molecule has 5 nitrogen and oxygen atoms in total. The van der Waals surface area contributed by atoms with E-state index in [0.717, 1.165) is 5.56 Å². The molecular formula is C12H14F3NO4S. The summed E-state index contributed by atoms with van der Waals surface area (Å²) in [5.41, 5.74) is 6.38. The summed E-state index contributed by atoms with van der Waals surface area (Å²) < 4.78 is 36.7. The molecule has 118 valence electrons. The Kier molecular flexibility index (Phi) is 8.48. The van der Waals surface area contributed by atoms with E-state index in [0.29, 0.717) is 5.75 Å². The SMILES string of the molecule is N[C@@H](CS)C(=O)OCc1ccccc1.O=C(O)C(F)(F)F. The summed E-state index contributed by atoms with van der Waals surface area (Å²) >= 11 is 3.91. The quantitative estimate of drug-likeness (QED) is 0.578. The minimum Gasteiger partial charge on any atom is -0.475 e. The Morgan fingerprint density at radius 2 is 1.76 bits per heavy atom. The maximum Gasteiger partial charge on any atom is 0.490 e. The van der Waals surface area contributed by atoms with Crippen LogP contribution >= 0.6 is 12.6 Å². The molecule has 0 saturated heterocycles. The highest BCUT2D eigenvalue weighted by Crippen LogP contribution is 2.13. The molecule has 0 radical (unpaired) electrons. The molecule has 1 aromatic carbocycles. The lowest BCUT2D eigenvalue weighted by molar-refractivity contribution is -0.192. The summed E-state index contributed by atoms with van der Waals surface area (Å²) in [5.74, 6) is -2.87. The number of carboxylic acids is 1. The van der Waals surface area contributed by atoms with Gasteiger partial charge in [-0.2, -0.15) is 25.8 Å². The molecule has 0 aromatic heterocycles. The number of esters is 1. The number of halogens is 3. The van der Waals surface area contributed by atoms with Crippen LogP contribution in [0.3, 0.4) is 0 Å². The van der Waals surface area contributed by atoms with Crippen molar-refractivity contribution in [2.75, 3.05) is 5.75 Å². The first-order chi connectivity index (χ1) is 9.68. The Hall–Kier alpha value is -1.74. The molecule has 0 aliphatic heterocycles. The zero-order valence-electron chi connectivity index (χ0n) is 10.7. The molecule has 21 heavy (non-hydrogen) atoms. The van der Waals surface area contributed by atoms with E-state index < -0.39 is 24.2 Å². The number of aliphatic carboxylic acids is 1. The van der Waals surface area contributed by atoms with Crippen molar-refractivity contribution in [1.82, 2.24) is 0 Å². The van der Waals surface area contributed by atoms with Gasteiger partial charge in [-0.05, 0) is 5.56 Å². The molecule has 0 spiro atoms. The fourth-order valence-corrected chi connectivity index (χ4v) is 1.06. The highest BCUT2D eigenvalue weighted by atomic mass is 32.1. The van der Waals surface area contributed by atoms with Gasteiger partial charge in [-0.3, -0.25) is 4.79 Å². The molecule has 0 aliphatic carbocycles. The second-order valence-electron chi connectivity index (χ2n) is 3.69. The van der Waals surface area contributed by atoms with Crippen LogP contribution in [-0.2, 0) is 20.9 Å². The van der Waals surface area contributed by atoms with Crippen molar-refractivity contribution in [3.8, 4) is 0 Å². The molecular weight excluding hydrogens is 311 g/mol. The van der Waals surface area contributed by atoms with Crippen molar-refractivity contribution in [1.29, 1.82) is 0 Å². The second kappa shape index (κ2) is 9.24. The fourth-order valence-electron chi connectivity index (χ4n) is 0.910. The molecule has 0 fully saturated rings. The summed E-state index contributed by atoms with van der Waals surface area (Å²) in [6.07, 6.45) is -5.08. The lowest BCUT2D eigenvalue weighted by Crippen LogP contribution is -2.33.